The SMILES string of the molecule is CCN1CNc2c1c(=O)n(C)c(=O)n2C. The fraction of sp³-hybridized carbons (Fsp3) is 0.556. The molecule has 1 aliphatic heterocycles. The molecule has 1 aliphatic rings. The van der Waals surface area contributed by atoms with Crippen LogP contribution in [0.5, 0.6) is 0 Å². The maximum absolute atomic E-state index is 11.9. The second kappa shape index (κ2) is 3.15. The lowest BCUT2D eigenvalue weighted by Crippen LogP contribution is -2.39. The van der Waals surface area contributed by atoms with E-state index in [0.29, 0.717) is 18.2 Å². The average molecular weight is 210 g/mol. The van der Waals surface area contributed by atoms with Crippen molar-refractivity contribution in [3.05, 3.63) is 20.8 Å². The summed E-state index contributed by atoms with van der Waals surface area (Å²) in [6.45, 7) is 3.30. The summed E-state index contributed by atoms with van der Waals surface area (Å²) < 4.78 is 2.60. The lowest BCUT2D eigenvalue weighted by Gasteiger charge is -2.14. The number of nitrogens with zero attached hydrogens (tertiary/aromatic N) is 3. The molecular weight excluding hydrogens is 196 g/mol. The standard InChI is InChI=1S/C9H14N4O2/c1-4-13-5-10-7-6(13)8(14)12(3)9(15)11(7)2/h10H,4-5H2,1-3H3. The first kappa shape index (κ1) is 9.82. The fourth-order valence-corrected chi connectivity index (χ4v) is 1.83. The van der Waals surface area contributed by atoms with Gasteiger partial charge in [0, 0.05) is 20.6 Å². The molecule has 6 nitrogen and oxygen atoms in total. The molecule has 6 heteroatoms. The largest absolute Gasteiger partial charge is 0.352 e. The van der Waals surface area contributed by atoms with Crippen molar-refractivity contribution in [2.24, 2.45) is 14.1 Å². The van der Waals surface area contributed by atoms with E-state index in [1.54, 1.807) is 7.05 Å². The minimum absolute atomic E-state index is 0.236. The Balaban J connectivity index is 2.82. The van der Waals surface area contributed by atoms with Gasteiger partial charge in [0.05, 0.1) is 6.67 Å². The van der Waals surface area contributed by atoms with Gasteiger partial charge in [0.1, 0.15) is 11.5 Å². The first-order chi connectivity index (χ1) is 7.07. The Hall–Kier alpha value is -1.72. The van der Waals surface area contributed by atoms with Gasteiger partial charge >= 0.3 is 5.69 Å². The predicted molar refractivity (Wildman–Crippen MR) is 58.4 cm³/mol. The van der Waals surface area contributed by atoms with Crippen molar-refractivity contribution in [1.82, 2.24) is 9.13 Å². The van der Waals surface area contributed by atoms with Crippen molar-refractivity contribution in [3.63, 3.8) is 0 Å². The Labute approximate surface area is 86.7 Å². The van der Waals surface area contributed by atoms with Crippen LogP contribution in [0, 0.1) is 0 Å². The molecule has 2 heterocycles. The van der Waals surface area contributed by atoms with Gasteiger partial charge in [0.15, 0.2) is 0 Å². The summed E-state index contributed by atoms with van der Waals surface area (Å²) >= 11 is 0. The van der Waals surface area contributed by atoms with Crippen LogP contribution in [0.3, 0.4) is 0 Å². The van der Waals surface area contributed by atoms with Crippen molar-refractivity contribution in [2.45, 2.75) is 6.92 Å². The second-order valence-corrected chi connectivity index (χ2v) is 3.59. The predicted octanol–water partition coefficient (Wildman–Crippen LogP) is -0.707. The van der Waals surface area contributed by atoms with Gasteiger partial charge in [0.2, 0.25) is 0 Å². The van der Waals surface area contributed by atoms with Crippen molar-refractivity contribution in [1.29, 1.82) is 0 Å². The summed E-state index contributed by atoms with van der Waals surface area (Å²) in [6, 6.07) is 0. The van der Waals surface area contributed by atoms with Crippen molar-refractivity contribution in [3.8, 4) is 0 Å². The zero-order valence-corrected chi connectivity index (χ0v) is 9.07. The van der Waals surface area contributed by atoms with E-state index in [9.17, 15) is 9.59 Å². The van der Waals surface area contributed by atoms with Crippen LogP contribution in [-0.2, 0) is 14.1 Å². The van der Waals surface area contributed by atoms with E-state index in [-0.39, 0.29) is 11.2 Å². The van der Waals surface area contributed by atoms with Gasteiger partial charge in [-0.2, -0.15) is 0 Å². The molecule has 15 heavy (non-hydrogen) atoms. The quantitative estimate of drug-likeness (QED) is 0.665. The summed E-state index contributed by atoms with van der Waals surface area (Å²) in [5, 5.41) is 3.05. The van der Waals surface area contributed by atoms with Crippen LogP contribution in [0.25, 0.3) is 0 Å². The van der Waals surface area contributed by atoms with Crippen LogP contribution in [0.15, 0.2) is 9.59 Å². The van der Waals surface area contributed by atoms with E-state index in [1.165, 1.54) is 11.6 Å². The molecule has 1 N–H and O–H groups in total. The van der Waals surface area contributed by atoms with Crippen molar-refractivity contribution < 1.29 is 0 Å². The van der Waals surface area contributed by atoms with Crippen LogP contribution < -0.4 is 21.5 Å². The number of hydrogen-bond donors (Lipinski definition) is 1. The zero-order valence-electron chi connectivity index (χ0n) is 9.07. The van der Waals surface area contributed by atoms with Gasteiger partial charge in [-0.3, -0.25) is 13.9 Å². The molecule has 0 aliphatic carbocycles. The highest BCUT2D eigenvalue weighted by molar-refractivity contribution is 5.70. The third-order valence-corrected chi connectivity index (χ3v) is 2.78. The molecule has 0 unspecified atom stereocenters. The average Bonchev–Trinajstić information content (AvgIpc) is 2.67. The van der Waals surface area contributed by atoms with Crippen LogP contribution in [0.4, 0.5) is 11.5 Å². The monoisotopic (exact) mass is 210 g/mol. The molecule has 0 bridgehead atoms. The van der Waals surface area contributed by atoms with Crippen LogP contribution in [-0.4, -0.2) is 22.3 Å². The molecule has 82 valence electrons. The van der Waals surface area contributed by atoms with Crippen molar-refractivity contribution >= 4 is 11.5 Å². The lowest BCUT2D eigenvalue weighted by atomic mass is 10.4. The Morgan fingerprint density at radius 2 is 1.93 bits per heavy atom. The second-order valence-electron chi connectivity index (χ2n) is 3.59. The number of hydrogen-bond acceptors (Lipinski definition) is 4. The number of aromatic nitrogens is 2. The molecule has 0 atom stereocenters. The minimum Gasteiger partial charge on any atom is -0.352 e. The van der Waals surface area contributed by atoms with Crippen molar-refractivity contribution in [2.75, 3.05) is 23.4 Å². The molecule has 2 rings (SSSR count). The highest BCUT2D eigenvalue weighted by Crippen LogP contribution is 2.24. The Morgan fingerprint density at radius 1 is 1.27 bits per heavy atom. The number of rotatable bonds is 1. The summed E-state index contributed by atoms with van der Waals surface area (Å²) in [5.74, 6) is 0.616. The van der Waals surface area contributed by atoms with E-state index >= 15 is 0 Å². The van der Waals surface area contributed by atoms with Crippen LogP contribution in [0.1, 0.15) is 6.92 Å². The Morgan fingerprint density at radius 3 is 2.53 bits per heavy atom. The molecule has 0 saturated carbocycles. The topological polar surface area (TPSA) is 59.3 Å². The normalized spacial score (nSPS) is 13.9. The third-order valence-electron chi connectivity index (χ3n) is 2.78. The van der Waals surface area contributed by atoms with E-state index in [0.717, 1.165) is 11.1 Å². The van der Waals surface area contributed by atoms with E-state index in [1.807, 2.05) is 11.8 Å². The van der Waals surface area contributed by atoms with Crippen LogP contribution in [0.2, 0.25) is 0 Å². The van der Waals surface area contributed by atoms with Gasteiger partial charge in [-0.05, 0) is 6.92 Å². The zero-order chi connectivity index (χ0) is 11.2. The maximum atomic E-state index is 11.9. The van der Waals surface area contributed by atoms with Gasteiger partial charge in [-0.1, -0.05) is 0 Å². The van der Waals surface area contributed by atoms with Gasteiger partial charge in [-0.15, -0.1) is 0 Å². The summed E-state index contributed by atoms with van der Waals surface area (Å²) in [4.78, 5) is 25.4. The van der Waals surface area contributed by atoms with Gasteiger partial charge in [-0.25, -0.2) is 4.79 Å². The van der Waals surface area contributed by atoms with E-state index in [2.05, 4.69) is 5.32 Å². The molecular formula is C9H14N4O2. The fourth-order valence-electron chi connectivity index (χ4n) is 1.83. The lowest BCUT2D eigenvalue weighted by molar-refractivity contribution is 0.695. The van der Waals surface area contributed by atoms with Gasteiger partial charge in [0.25, 0.3) is 5.56 Å². The number of anilines is 2. The van der Waals surface area contributed by atoms with Gasteiger partial charge < -0.3 is 10.2 Å². The molecule has 1 aromatic heterocycles. The molecule has 0 saturated heterocycles. The Bertz CT molecular complexity index is 514. The smallest absolute Gasteiger partial charge is 0.332 e. The number of fused-ring (bicyclic) bond motifs is 1. The number of nitrogens with one attached hydrogen (secondary N) is 1. The highest BCUT2D eigenvalue weighted by atomic mass is 16.2. The first-order valence-electron chi connectivity index (χ1n) is 4.86. The summed E-state index contributed by atoms with van der Waals surface area (Å²) in [7, 11) is 3.16. The molecule has 1 aromatic rings. The Kier molecular flexibility index (Phi) is 2.06. The highest BCUT2D eigenvalue weighted by Gasteiger charge is 2.25. The third kappa shape index (κ3) is 1.17. The molecule has 0 amide bonds. The van der Waals surface area contributed by atoms with E-state index < -0.39 is 0 Å². The summed E-state index contributed by atoms with van der Waals surface area (Å²) in [5.41, 5.74) is 0.0475. The summed E-state index contributed by atoms with van der Waals surface area (Å²) in [6.07, 6.45) is 0. The van der Waals surface area contributed by atoms with Crippen LogP contribution >= 0.6 is 0 Å². The molecule has 0 fully saturated rings. The maximum Gasteiger partial charge on any atom is 0.332 e. The first-order valence-corrected chi connectivity index (χ1v) is 4.86. The molecule has 0 spiro atoms. The molecule has 0 radical (unpaired) electrons. The minimum atomic E-state index is -0.302. The van der Waals surface area contributed by atoms with E-state index in [4.69, 9.17) is 0 Å². The molecule has 0 aromatic carbocycles.